The molecule has 9 heteroatoms. The Labute approximate surface area is 124 Å². The zero-order valence-electron chi connectivity index (χ0n) is 12.0. The molecule has 0 bridgehead atoms. The molecule has 2 atom stereocenters. The highest BCUT2D eigenvalue weighted by Gasteiger charge is 2.34. The molecule has 2 fully saturated rings. The molecule has 0 spiro atoms. The SMILES string of the molecule is CNC(=O)C1COCCN1C(=O)CC1CS(=O)(=O)CCN1. The second-order valence-electron chi connectivity index (χ2n) is 5.26. The number of hydrogen-bond acceptors (Lipinski definition) is 6. The second-order valence-corrected chi connectivity index (χ2v) is 7.49. The summed E-state index contributed by atoms with van der Waals surface area (Å²) >= 11 is 0. The lowest BCUT2D eigenvalue weighted by Crippen LogP contribution is -2.57. The fourth-order valence-electron chi connectivity index (χ4n) is 2.61. The van der Waals surface area contributed by atoms with Gasteiger partial charge in [0.25, 0.3) is 0 Å². The highest BCUT2D eigenvalue weighted by atomic mass is 32.2. The van der Waals surface area contributed by atoms with E-state index in [-0.39, 0.29) is 42.4 Å². The second kappa shape index (κ2) is 6.71. The standard InChI is InChI=1S/C12H21N3O5S/c1-13-12(17)10-7-20-4-3-15(10)11(16)6-9-8-21(18,19)5-2-14-9/h9-10,14H,2-8H2,1H3,(H,13,17). The maximum absolute atomic E-state index is 12.4. The van der Waals surface area contributed by atoms with Crippen molar-refractivity contribution in [3.8, 4) is 0 Å². The Balaban J connectivity index is 1.99. The Kier molecular flexibility index (Phi) is 5.17. The minimum absolute atomic E-state index is 0.0340. The monoisotopic (exact) mass is 319 g/mol. The summed E-state index contributed by atoms with van der Waals surface area (Å²) in [7, 11) is -1.57. The predicted molar refractivity (Wildman–Crippen MR) is 75.4 cm³/mol. The number of carbonyl (C=O) groups is 2. The third-order valence-corrected chi connectivity index (χ3v) is 5.46. The molecular formula is C12H21N3O5S. The summed E-state index contributed by atoms with van der Waals surface area (Å²) in [4.78, 5) is 25.6. The van der Waals surface area contributed by atoms with Crippen LogP contribution in [0.15, 0.2) is 0 Å². The van der Waals surface area contributed by atoms with E-state index in [0.717, 1.165) is 0 Å². The van der Waals surface area contributed by atoms with Gasteiger partial charge in [0.1, 0.15) is 6.04 Å². The lowest BCUT2D eigenvalue weighted by molar-refractivity contribution is -0.148. The van der Waals surface area contributed by atoms with Gasteiger partial charge in [0, 0.05) is 32.6 Å². The number of carbonyl (C=O) groups excluding carboxylic acids is 2. The van der Waals surface area contributed by atoms with Crippen LogP contribution in [0.1, 0.15) is 6.42 Å². The van der Waals surface area contributed by atoms with Crippen LogP contribution in [0.2, 0.25) is 0 Å². The van der Waals surface area contributed by atoms with E-state index in [9.17, 15) is 18.0 Å². The van der Waals surface area contributed by atoms with Crippen LogP contribution >= 0.6 is 0 Å². The average molecular weight is 319 g/mol. The maximum atomic E-state index is 12.4. The third-order valence-electron chi connectivity index (χ3n) is 3.72. The number of rotatable bonds is 3. The van der Waals surface area contributed by atoms with E-state index in [2.05, 4.69) is 10.6 Å². The van der Waals surface area contributed by atoms with Gasteiger partial charge in [-0.3, -0.25) is 9.59 Å². The van der Waals surface area contributed by atoms with Gasteiger partial charge in [0.15, 0.2) is 9.84 Å². The summed E-state index contributed by atoms with van der Waals surface area (Å²) in [5, 5.41) is 5.56. The Morgan fingerprint density at radius 2 is 2.19 bits per heavy atom. The number of nitrogens with one attached hydrogen (secondary N) is 2. The highest BCUT2D eigenvalue weighted by Crippen LogP contribution is 2.12. The lowest BCUT2D eigenvalue weighted by Gasteiger charge is -2.35. The minimum atomic E-state index is -3.08. The van der Waals surface area contributed by atoms with Gasteiger partial charge in [-0.2, -0.15) is 0 Å². The van der Waals surface area contributed by atoms with Crippen LogP contribution in [0.3, 0.4) is 0 Å². The fourth-order valence-corrected chi connectivity index (χ4v) is 4.06. The first-order chi connectivity index (χ1) is 9.93. The van der Waals surface area contributed by atoms with Gasteiger partial charge in [-0.15, -0.1) is 0 Å². The zero-order chi connectivity index (χ0) is 15.5. The summed E-state index contributed by atoms with van der Waals surface area (Å²) in [5.41, 5.74) is 0. The summed E-state index contributed by atoms with van der Waals surface area (Å²) in [6.45, 7) is 1.26. The van der Waals surface area contributed by atoms with Gasteiger partial charge in [-0.05, 0) is 0 Å². The van der Waals surface area contributed by atoms with Crippen LogP contribution in [0.4, 0.5) is 0 Å². The molecule has 2 heterocycles. The first-order valence-corrected chi connectivity index (χ1v) is 8.77. The number of morpholine rings is 1. The number of sulfone groups is 1. The molecule has 0 saturated carbocycles. The number of amides is 2. The molecule has 21 heavy (non-hydrogen) atoms. The van der Waals surface area contributed by atoms with Crippen molar-refractivity contribution in [2.75, 3.05) is 44.9 Å². The third kappa shape index (κ3) is 4.14. The van der Waals surface area contributed by atoms with Crippen molar-refractivity contribution in [2.24, 2.45) is 0 Å². The van der Waals surface area contributed by atoms with E-state index in [1.54, 1.807) is 0 Å². The van der Waals surface area contributed by atoms with E-state index < -0.39 is 15.9 Å². The molecule has 2 amide bonds. The predicted octanol–water partition coefficient (Wildman–Crippen LogP) is -2.26. The molecule has 0 aromatic rings. The van der Waals surface area contributed by atoms with Crippen molar-refractivity contribution in [1.29, 1.82) is 0 Å². The topological polar surface area (TPSA) is 105 Å². The summed E-state index contributed by atoms with van der Waals surface area (Å²) in [5.74, 6) is -0.419. The molecule has 2 unspecified atom stereocenters. The van der Waals surface area contributed by atoms with Gasteiger partial charge >= 0.3 is 0 Å². The molecule has 0 aliphatic carbocycles. The van der Waals surface area contributed by atoms with Crippen LogP contribution < -0.4 is 10.6 Å². The number of nitrogens with zero attached hydrogens (tertiary/aromatic N) is 1. The van der Waals surface area contributed by atoms with Crippen LogP contribution in [-0.2, 0) is 24.2 Å². The van der Waals surface area contributed by atoms with Crippen LogP contribution in [0.25, 0.3) is 0 Å². The number of likely N-dealkylation sites (N-methyl/N-ethyl adjacent to an activating group) is 1. The maximum Gasteiger partial charge on any atom is 0.244 e. The summed E-state index contributed by atoms with van der Waals surface area (Å²) < 4.78 is 28.4. The molecule has 0 aromatic heterocycles. The van der Waals surface area contributed by atoms with E-state index in [0.29, 0.717) is 19.7 Å². The molecule has 2 N–H and O–H groups in total. The molecule has 2 aliphatic rings. The van der Waals surface area contributed by atoms with Gasteiger partial charge in [0.2, 0.25) is 11.8 Å². The van der Waals surface area contributed by atoms with E-state index in [1.165, 1.54) is 11.9 Å². The Morgan fingerprint density at radius 1 is 1.43 bits per heavy atom. The van der Waals surface area contributed by atoms with Gasteiger partial charge in [-0.25, -0.2) is 8.42 Å². The van der Waals surface area contributed by atoms with Crippen LogP contribution in [0, 0.1) is 0 Å². The van der Waals surface area contributed by atoms with Crippen molar-refractivity contribution in [3.63, 3.8) is 0 Å². The molecule has 2 saturated heterocycles. The quantitative estimate of drug-likeness (QED) is 0.608. The van der Waals surface area contributed by atoms with Crippen molar-refractivity contribution in [2.45, 2.75) is 18.5 Å². The first-order valence-electron chi connectivity index (χ1n) is 6.95. The molecule has 120 valence electrons. The van der Waals surface area contributed by atoms with Crippen LogP contribution in [0.5, 0.6) is 0 Å². The van der Waals surface area contributed by atoms with Crippen LogP contribution in [-0.4, -0.2) is 82.1 Å². The molecular weight excluding hydrogens is 298 g/mol. The molecule has 2 aliphatic heterocycles. The number of ether oxygens (including phenoxy) is 1. The Hall–Kier alpha value is -1.19. The number of hydrogen-bond donors (Lipinski definition) is 2. The Bertz CT molecular complexity index is 507. The lowest BCUT2D eigenvalue weighted by atomic mass is 10.1. The van der Waals surface area contributed by atoms with Crippen molar-refractivity contribution in [3.05, 3.63) is 0 Å². The summed E-state index contributed by atoms with van der Waals surface area (Å²) in [6.07, 6.45) is 0.0761. The van der Waals surface area contributed by atoms with E-state index in [4.69, 9.17) is 4.74 Å². The van der Waals surface area contributed by atoms with Gasteiger partial charge < -0.3 is 20.3 Å². The van der Waals surface area contributed by atoms with Crippen molar-refractivity contribution >= 4 is 21.7 Å². The highest BCUT2D eigenvalue weighted by molar-refractivity contribution is 7.91. The molecule has 0 aromatic carbocycles. The van der Waals surface area contributed by atoms with Crippen molar-refractivity contribution in [1.82, 2.24) is 15.5 Å². The van der Waals surface area contributed by atoms with E-state index >= 15 is 0 Å². The normalized spacial score (nSPS) is 28.9. The largest absolute Gasteiger partial charge is 0.377 e. The molecule has 0 radical (unpaired) electrons. The smallest absolute Gasteiger partial charge is 0.244 e. The fraction of sp³-hybridized carbons (Fsp3) is 0.833. The Morgan fingerprint density at radius 3 is 2.86 bits per heavy atom. The molecule has 2 rings (SSSR count). The molecule has 8 nitrogen and oxygen atoms in total. The zero-order valence-corrected chi connectivity index (χ0v) is 12.8. The van der Waals surface area contributed by atoms with Gasteiger partial charge in [-0.1, -0.05) is 0 Å². The first kappa shape index (κ1) is 16.2. The minimum Gasteiger partial charge on any atom is -0.377 e. The van der Waals surface area contributed by atoms with Crippen molar-refractivity contribution < 1.29 is 22.7 Å². The average Bonchev–Trinajstić information content (AvgIpc) is 2.45. The van der Waals surface area contributed by atoms with Gasteiger partial charge in [0.05, 0.1) is 24.7 Å². The summed E-state index contributed by atoms with van der Waals surface area (Å²) in [6, 6.07) is -1.03. The van der Waals surface area contributed by atoms with E-state index in [1.807, 2.05) is 0 Å².